The number of nitrogens with two attached hydrogens (primary N) is 1. The standard InChI is InChI=1S/C11H9BrN6O2/c12-8-3-1-7(2-4-8)5-16-17-11-9(18(19)20)10(13)14-6-15-11/h1-6H,(H3,13,14,15,17)/b16-5+. The second kappa shape index (κ2) is 6.06. The van der Waals surface area contributed by atoms with Gasteiger partial charge in [-0.15, -0.1) is 0 Å². The maximum absolute atomic E-state index is 10.9. The van der Waals surface area contributed by atoms with Crippen LogP contribution in [-0.2, 0) is 0 Å². The molecular weight excluding hydrogens is 328 g/mol. The van der Waals surface area contributed by atoms with Crippen LogP contribution in [0, 0.1) is 10.1 Å². The second-order valence-electron chi connectivity index (χ2n) is 3.63. The highest BCUT2D eigenvalue weighted by atomic mass is 79.9. The molecule has 8 nitrogen and oxygen atoms in total. The van der Waals surface area contributed by atoms with Gasteiger partial charge >= 0.3 is 5.69 Å². The smallest absolute Gasteiger partial charge is 0.354 e. The number of hydrogen-bond donors (Lipinski definition) is 2. The van der Waals surface area contributed by atoms with Crippen molar-refractivity contribution in [2.45, 2.75) is 0 Å². The Morgan fingerprint density at radius 3 is 2.70 bits per heavy atom. The van der Waals surface area contributed by atoms with E-state index in [-0.39, 0.29) is 11.6 Å². The Morgan fingerprint density at radius 2 is 2.05 bits per heavy atom. The van der Waals surface area contributed by atoms with Gasteiger partial charge in [0.2, 0.25) is 11.6 Å². The third-order valence-electron chi connectivity index (χ3n) is 2.29. The van der Waals surface area contributed by atoms with Crippen molar-refractivity contribution in [3.63, 3.8) is 0 Å². The number of nitrogens with zero attached hydrogens (tertiary/aromatic N) is 4. The molecule has 102 valence electrons. The molecule has 2 rings (SSSR count). The number of benzene rings is 1. The first kappa shape index (κ1) is 13.9. The summed E-state index contributed by atoms with van der Waals surface area (Å²) in [4.78, 5) is 17.5. The van der Waals surface area contributed by atoms with Crippen LogP contribution in [0.3, 0.4) is 0 Å². The molecule has 0 amide bonds. The highest BCUT2D eigenvalue weighted by molar-refractivity contribution is 9.10. The quantitative estimate of drug-likeness (QED) is 0.501. The second-order valence-corrected chi connectivity index (χ2v) is 4.55. The lowest BCUT2D eigenvalue weighted by atomic mass is 10.2. The van der Waals surface area contributed by atoms with Crippen molar-refractivity contribution in [1.29, 1.82) is 0 Å². The van der Waals surface area contributed by atoms with Gasteiger partial charge in [0.25, 0.3) is 0 Å². The zero-order valence-corrected chi connectivity index (χ0v) is 11.6. The summed E-state index contributed by atoms with van der Waals surface area (Å²) in [6, 6.07) is 7.37. The summed E-state index contributed by atoms with van der Waals surface area (Å²) in [6.07, 6.45) is 2.63. The molecule has 0 unspecified atom stereocenters. The Balaban J connectivity index is 2.17. The number of rotatable bonds is 4. The minimum atomic E-state index is -0.660. The number of anilines is 2. The fourth-order valence-electron chi connectivity index (χ4n) is 1.37. The molecule has 0 aliphatic heterocycles. The summed E-state index contributed by atoms with van der Waals surface area (Å²) in [5, 5.41) is 14.7. The molecule has 0 fully saturated rings. The van der Waals surface area contributed by atoms with Gasteiger partial charge in [0, 0.05) is 4.47 Å². The summed E-state index contributed by atoms with van der Waals surface area (Å²) in [5.41, 5.74) is 8.34. The molecule has 1 aromatic heterocycles. The van der Waals surface area contributed by atoms with Crippen molar-refractivity contribution in [3.8, 4) is 0 Å². The van der Waals surface area contributed by atoms with Crippen LogP contribution in [0.25, 0.3) is 0 Å². The van der Waals surface area contributed by atoms with Crippen LogP contribution in [0.1, 0.15) is 5.56 Å². The van der Waals surface area contributed by atoms with Crippen LogP contribution in [0.15, 0.2) is 40.2 Å². The van der Waals surface area contributed by atoms with Crippen LogP contribution in [0.5, 0.6) is 0 Å². The minimum Gasteiger partial charge on any atom is -0.378 e. The summed E-state index contributed by atoms with van der Waals surface area (Å²) in [7, 11) is 0. The SMILES string of the molecule is Nc1ncnc(N/N=C/c2ccc(Br)cc2)c1[N+](=O)[O-]. The Morgan fingerprint density at radius 1 is 1.35 bits per heavy atom. The monoisotopic (exact) mass is 336 g/mol. The van der Waals surface area contributed by atoms with E-state index >= 15 is 0 Å². The predicted octanol–water partition coefficient (Wildman–Crippen LogP) is 2.18. The van der Waals surface area contributed by atoms with Crippen molar-refractivity contribution in [2.24, 2.45) is 5.10 Å². The van der Waals surface area contributed by atoms with Crippen molar-refractivity contribution < 1.29 is 4.92 Å². The lowest BCUT2D eigenvalue weighted by Gasteiger charge is -2.01. The molecule has 3 N–H and O–H groups in total. The molecule has 0 radical (unpaired) electrons. The molecule has 1 heterocycles. The van der Waals surface area contributed by atoms with E-state index in [1.165, 1.54) is 6.21 Å². The first-order chi connectivity index (χ1) is 9.58. The maximum atomic E-state index is 10.9. The Bertz CT molecular complexity index is 658. The Kier molecular flexibility index (Phi) is 4.20. The van der Waals surface area contributed by atoms with Crippen molar-refractivity contribution in [3.05, 3.63) is 50.7 Å². The van der Waals surface area contributed by atoms with Gasteiger partial charge in [-0.3, -0.25) is 15.5 Å². The molecule has 0 spiro atoms. The number of halogens is 1. The number of nitro groups is 1. The third-order valence-corrected chi connectivity index (χ3v) is 2.82. The predicted molar refractivity (Wildman–Crippen MR) is 78.5 cm³/mol. The Labute approximate surface area is 122 Å². The molecule has 9 heteroatoms. The third kappa shape index (κ3) is 3.26. The zero-order chi connectivity index (χ0) is 14.5. The minimum absolute atomic E-state index is 0.0594. The Hall–Kier alpha value is -2.55. The van der Waals surface area contributed by atoms with E-state index in [4.69, 9.17) is 5.73 Å². The van der Waals surface area contributed by atoms with Crippen molar-refractivity contribution >= 4 is 39.5 Å². The maximum Gasteiger partial charge on any atom is 0.354 e. The molecule has 20 heavy (non-hydrogen) atoms. The van der Waals surface area contributed by atoms with E-state index in [0.717, 1.165) is 16.4 Å². The van der Waals surface area contributed by atoms with Gasteiger partial charge in [-0.25, -0.2) is 9.97 Å². The van der Waals surface area contributed by atoms with E-state index in [0.29, 0.717) is 0 Å². The van der Waals surface area contributed by atoms with Crippen molar-refractivity contribution in [2.75, 3.05) is 11.2 Å². The van der Waals surface area contributed by atoms with E-state index in [1.54, 1.807) is 0 Å². The summed E-state index contributed by atoms with van der Waals surface area (Å²) in [5.74, 6) is -0.276. The average Bonchev–Trinajstić information content (AvgIpc) is 2.40. The first-order valence-corrected chi connectivity index (χ1v) is 6.16. The number of hydrogen-bond acceptors (Lipinski definition) is 7. The summed E-state index contributed by atoms with van der Waals surface area (Å²) >= 11 is 3.32. The van der Waals surface area contributed by atoms with Crippen molar-refractivity contribution in [1.82, 2.24) is 9.97 Å². The van der Waals surface area contributed by atoms with Gasteiger partial charge in [0.05, 0.1) is 11.1 Å². The topological polar surface area (TPSA) is 119 Å². The fraction of sp³-hybridized carbons (Fsp3) is 0. The van der Waals surface area contributed by atoms with Crippen LogP contribution < -0.4 is 11.2 Å². The molecule has 0 bridgehead atoms. The van der Waals surface area contributed by atoms with Gasteiger partial charge in [0.15, 0.2) is 0 Å². The lowest BCUT2D eigenvalue weighted by Crippen LogP contribution is -2.04. The van der Waals surface area contributed by atoms with E-state index in [9.17, 15) is 10.1 Å². The highest BCUT2D eigenvalue weighted by Crippen LogP contribution is 2.25. The van der Waals surface area contributed by atoms with Crippen LogP contribution in [0.4, 0.5) is 17.3 Å². The number of hydrazone groups is 1. The van der Waals surface area contributed by atoms with E-state index in [1.807, 2.05) is 24.3 Å². The van der Waals surface area contributed by atoms with Gasteiger partial charge in [-0.2, -0.15) is 5.10 Å². The highest BCUT2D eigenvalue weighted by Gasteiger charge is 2.20. The average molecular weight is 337 g/mol. The van der Waals surface area contributed by atoms with Crippen LogP contribution in [0.2, 0.25) is 0 Å². The summed E-state index contributed by atoms with van der Waals surface area (Å²) < 4.78 is 0.946. The fourth-order valence-corrected chi connectivity index (χ4v) is 1.64. The molecule has 0 saturated carbocycles. The summed E-state index contributed by atoms with van der Waals surface area (Å²) in [6.45, 7) is 0. The molecule has 0 aliphatic rings. The first-order valence-electron chi connectivity index (χ1n) is 5.37. The van der Waals surface area contributed by atoms with Gasteiger partial charge < -0.3 is 5.73 Å². The van der Waals surface area contributed by atoms with Gasteiger partial charge in [-0.05, 0) is 17.7 Å². The lowest BCUT2D eigenvalue weighted by molar-refractivity contribution is -0.383. The molecule has 2 aromatic rings. The number of nitrogen functional groups attached to an aromatic ring is 1. The van der Waals surface area contributed by atoms with Crippen LogP contribution in [-0.4, -0.2) is 21.1 Å². The van der Waals surface area contributed by atoms with Gasteiger partial charge in [0.1, 0.15) is 6.33 Å². The normalized spacial score (nSPS) is 10.7. The van der Waals surface area contributed by atoms with E-state index in [2.05, 4.69) is 36.4 Å². The molecule has 1 aromatic carbocycles. The molecule has 0 atom stereocenters. The molecular formula is C11H9BrN6O2. The van der Waals surface area contributed by atoms with Gasteiger partial charge in [-0.1, -0.05) is 28.1 Å². The van der Waals surface area contributed by atoms with E-state index < -0.39 is 10.6 Å². The number of nitrogens with one attached hydrogen (secondary N) is 1. The molecule has 0 aliphatic carbocycles. The molecule has 0 saturated heterocycles. The zero-order valence-electron chi connectivity index (χ0n) is 10.0. The number of aromatic nitrogens is 2. The largest absolute Gasteiger partial charge is 0.378 e. The van der Waals surface area contributed by atoms with Crippen LogP contribution >= 0.6 is 15.9 Å².